The molecule has 0 radical (unpaired) electrons. The Hall–Kier alpha value is -4.94. The predicted molar refractivity (Wildman–Crippen MR) is 201 cm³/mol. The summed E-state index contributed by atoms with van der Waals surface area (Å²) in [6.07, 6.45) is 4.11. The number of rotatable bonds is 6. The highest BCUT2D eigenvalue weighted by atomic mass is 35.5. The second kappa shape index (κ2) is 13.5. The fourth-order valence-corrected chi connectivity index (χ4v) is 8.43. The zero-order chi connectivity index (χ0) is 37.2. The summed E-state index contributed by atoms with van der Waals surface area (Å²) in [7, 11) is 0. The van der Waals surface area contributed by atoms with E-state index in [-0.39, 0.29) is 34.9 Å². The van der Waals surface area contributed by atoms with Crippen LogP contribution in [-0.4, -0.2) is 70.5 Å². The smallest absolute Gasteiger partial charge is 0.332 e. The molecule has 274 valence electrons. The summed E-state index contributed by atoms with van der Waals surface area (Å²) in [5.74, 6) is -1.43. The first-order valence-electron chi connectivity index (χ1n) is 18.0. The number of hydrogen-bond acceptors (Lipinski definition) is 6. The van der Waals surface area contributed by atoms with Crippen LogP contribution in [0.1, 0.15) is 72.5 Å². The molecule has 2 aliphatic rings. The lowest BCUT2D eigenvalue weighted by atomic mass is 9.94. The summed E-state index contributed by atoms with van der Waals surface area (Å²) in [5, 5.41) is 1.05. The predicted octanol–water partition coefficient (Wildman–Crippen LogP) is 7.10. The lowest BCUT2D eigenvalue weighted by molar-refractivity contribution is 0.0730. The van der Waals surface area contributed by atoms with E-state index in [4.69, 9.17) is 11.6 Å². The topological polar surface area (TPSA) is 94.1 Å². The van der Waals surface area contributed by atoms with Crippen molar-refractivity contribution in [3.63, 3.8) is 0 Å². The average Bonchev–Trinajstić information content (AvgIpc) is 3.59. The maximum atomic E-state index is 14.8. The molecule has 2 aromatic carbocycles. The minimum Gasteiger partial charge on any atom is -0.332 e. The molecule has 6 heterocycles. The van der Waals surface area contributed by atoms with Crippen molar-refractivity contribution in [3.8, 4) is 5.69 Å². The van der Waals surface area contributed by atoms with Crippen molar-refractivity contribution >= 4 is 39.7 Å². The second-order valence-corrected chi connectivity index (χ2v) is 15.8. The van der Waals surface area contributed by atoms with E-state index in [1.807, 2.05) is 23.6 Å². The number of amides is 1. The molecule has 53 heavy (non-hydrogen) atoms. The molecule has 1 fully saturated rings. The van der Waals surface area contributed by atoms with E-state index in [9.17, 15) is 18.4 Å². The molecule has 4 aromatic heterocycles. The highest BCUT2D eigenvalue weighted by Gasteiger charge is 2.31. The molecule has 1 amide bonds. The molecule has 6 aromatic rings. The van der Waals surface area contributed by atoms with Crippen LogP contribution in [0.2, 0.25) is 5.28 Å². The van der Waals surface area contributed by atoms with Gasteiger partial charge in [0, 0.05) is 54.1 Å². The van der Waals surface area contributed by atoms with Gasteiger partial charge in [-0.15, -0.1) is 0 Å². The first-order valence-corrected chi connectivity index (χ1v) is 18.4. The number of aryl methyl sites for hydroxylation is 1. The van der Waals surface area contributed by atoms with Gasteiger partial charge in [-0.1, -0.05) is 26.8 Å². The Morgan fingerprint density at radius 1 is 1.02 bits per heavy atom. The summed E-state index contributed by atoms with van der Waals surface area (Å²) in [5.41, 5.74) is 5.63. The number of halogens is 3. The van der Waals surface area contributed by atoms with Crippen molar-refractivity contribution in [3.05, 3.63) is 116 Å². The molecule has 13 heteroatoms. The van der Waals surface area contributed by atoms with Crippen molar-refractivity contribution in [1.29, 1.82) is 0 Å². The van der Waals surface area contributed by atoms with Gasteiger partial charge in [0.25, 0.3) is 5.91 Å². The number of piperidine rings is 1. The fraction of sp³-hybridized carbons (Fsp3) is 0.375. The Kier molecular flexibility index (Phi) is 8.93. The Morgan fingerprint density at radius 2 is 1.81 bits per heavy atom. The normalized spacial score (nSPS) is 16.8. The van der Waals surface area contributed by atoms with Crippen LogP contribution >= 0.6 is 11.6 Å². The van der Waals surface area contributed by atoms with Crippen LogP contribution in [0, 0.1) is 24.0 Å². The average molecular weight is 739 g/mol. The van der Waals surface area contributed by atoms with E-state index in [1.165, 1.54) is 12.1 Å². The number of likely N-dealkylation sites (tertiary alicyclic amines) is 1. The molecule has 1 saturated heterocycles. The minimum atomic E-state index is -0.637. The van der Waals surface area contributed by atoms with Crippen molar-refractivity contribution in [1.82, 2.24) is 38.5 Å². The highest BCUT2D eigenvalue weighted by molar-refractivity contribution is 6.28. The molecule has 8 rings (SSSR count). The third-order valence-electron chi connectivity index (χ3n) is 10.4. The Balaban J connectivity index is 1.10. The number of imidazole rings is 1. The first-order chi connectivity index (χ1) is 25.4. The monoisotopic (exact) mass is 738 g/mol. The number of carbonyl (C=O) groups is 1. The van der Waals surface area contributed by atoms with Gasteiger partial charge in [-0.2, -0.15) is 4.98 Å². The Bertz CT molecular complexity index is 2450. The molecule has 0 bridgehead atoms. The van der Waals surface area contributed by atoms with Gasteiger partial charge in [0.05, 0.1) is 30.5 Å². The highest BCUT2D eigenvalue weighted by Crippen LogP contribution is 2.33. The molecular formula is C40H41ClF2N8O2. The van der Waals surface area contributed by atoms with Gasteiger partial charge < -0.3 is 14.4 Å². The molecule has 1 atom stereocenters. The maximum absolute atomic E-state index is 14.8. The van der Waals surface area contributed by atoms with E-state index in [0.29, 0.717) is 58.8 Å². The van der Waals surface area contributed by atoms with Crippen LogP contribution in [0.5, 0.6) is 0 Å². The Morgan fingerprint density at radius 3 is 2.57 bits per heavy atom. The number of hydrogen-bond donors (Lipinski definition) is 0. The van der Waals surface area contributed by atoms with Crippen LogP contribution in [0.25, 0.3) is 27.9 Å². The maximum Gasteiger partial charge on any atom is 0.335 e. The fourth-order valence-electron chi connectivity index (χ4n) is 8.23. The number of fused-ring (bicyclic) bond motifs is 4. The van der Waals surface area contributed by atoms with Crippen molar-refractivity contribution in [2.45, 2.75) is 66.1 Å². The number of carbonyl (C=O) groups excluding carboxylic acids is 1. The number of aromatic nitrogens is 6. The van der Waals surface area contributed by atoms with Gasteiger partial charge in [0.2, 0.25) is 5.28 Å². The SMILES string of the molecule is Cc1nc(Cl)nc2c1n(-c1ccc(C(=O)N3CCc4c(n(Cc5ccc(F)cc5F)c5ncccc45)C3)cc1)c(=O)n2[C@H]1CCCN(CC(C)(C)C)C1. The van der Waals surface area contributed by atoms with Gasteiger partial charge in [0.15, 0.2) is 5.65 Å². The van der Waals surface area contributed by atoms with Gasteiger partial charge in [-0.05, 0) is 97.8 Å². The van der Waals surface area contributed by atoms with Gasteiger partial charge in [-0.3, -0.25) is 13.9 Å². The van der Waals surface area contributed by atoms with Gasteiger partial charge in [0.1, 0.15) is 22.8 Å². The number of benzene rings is 2. The van der Waals surface area contributed by atoms with Crippen LogP contribution in [0.4, 0.5) is 8.78 Å². The van der Waals surface area contributed by atoms with Gasteiger partial charge >= 0.3 is 5.69 Å². The van der Waals surface area contributed by atoms with E-state index >= 15 is 0 Å². The van der Waals surface area contributed by atoms with E-state index in [1.54, 1.807) is 44.5 Å². The molecule has 0 aliphatic carbocycles. The van der Waals surface area contributed by atoms with E-state index in [2.05, 4.69) is 40.6 Å². The van der Waals surface area contributed by atoms with E-state index < -0.39 is 11.6 Å². The van der Waals surface area contributed by atoms with Crippen LogP contribution < -0.4 is 5.69 Å². The summed E-state index contributed by atoms with van der Waals surface area (Å²) in [4.78, 5) is 46.2. The molecule has 0 N–H and O–H groups in total. The van der Waals surface area contributed by atoms with Crippen LogP contribution in [0.3, 0.4) is 0 Å². The molecular weight excluding hydrogens is 698 g/mol. The minimum absolute atomic E-state index is 0.0806. The zero-order valence-corrected chi connectivity index (χ0v) is 31.0. The second-order valence-electron chi connectivity index (χ2n) is 15.5. The quantitative estimate of drug-likeness (QED) is 0.169. The molecule has 10 nitrogen and oxygen atoms in total. The van der Waals surface area contributed by atoms with E-state index in [0.717, 1.165) is 55.2 Å². The summed E-state index contributed by atoms with van der Waals surface area (Å²) in [6, 6.07) is 14.4. The van der Waals surface area contributed by atoms with Gasteiger partial charge in [-0.25, -0.2) is 23.5 Å². The summed E-state index contributed by atoms with van der Waals surface area (Å²) in [6.45, 7) is 12.1. The zero-order valence-electron chi connectivity index (χ0n) is 30.2. The third-order valence-corrected chi connectivity index (χ3v) is 10.6. The summed E-state index contributed by atoms with van der Waals surface area (Å²) >= 11 is 6.37. The molecule has 2 aliphatic heterocycles. The lowest BCUT2D eigenvalue weighted by Gasteiger charge is -2.36. The molecule has 0 spiro atoms. The van der Waals surface area contributed by atoms with Crippen LogP contribution in [-0.2, 0) is 19.5 Å². The first kappa shape index (κ1) is 35.1. The number of nitrogens with zero attached hydrogens (tertiary/aromatic N) is 8. The number of pyridine rings is 1. The third kappa shape index (κ3) is 6.52. The molecule has 0 saturated carbocycles. The summed E-state index contributed by atoms with van der Waals surface area (Å²) < 4.78 is 33.8. The Labute approximate surface area is 310 Å². The van der Waals surface area contributed by atoms with Crippen molar-refractivity contribution in [2.75, 3.05) is 26.2 Å². The van der Waals surface area contributed by atoms with Crippen molar-refractivity contribution in [2.24, 2.45) is 5.41 Å². The standard InChI is InChI=1S/C40H41ClF2N8O2/c1-24-34-36(46-38(41)45-24)51(29-7-6-17-47(21-29)23-40(2,3)4)39(53)50(34)28-13-10-25(11-14-28)37(52)48-18-15-30-31-8-5-16-44-35(31)49(33(30)22-48)20-26-9-12-27(42)19-32(26)43/h5,8-14,16,19,29H,6-7,15,17-18,20-23H2,1-4H3/t29-/m0/s1. The van der Waals surface area contributed by atoms with Crippen LogP contribution in [0.15, 0.2) is 65.6 Å². The lowest BCUT2D eigenvalue weighted by Crippen LogP contribution is -2.43. The molecule has 0 unspecified atom stereocenters. The van der Waals surface area contributed by atoms with Crippen molar-refractivity contribution < 1.29 is 13.6 Å². The largest absolute Gasteiger partial charge is 0.335 e.